The summed E-state index contributed by atoms with van der Waals surface area (Å²) in [7, 11) is -3.28. The van der Waals surface area contributed by atoms with E-state index in [0.29, 0.717) is 31.5 Å². The van der Waals surface area contributed by atoms with Crippen LogP contribution in [0.5, 0.6) is 0 Å². The molecule has 0 bridgehead atoms. The maximum absolute atomic E-state index is 13.2. The molecule has 34 heavy (non-hydrogen) atoms. The van der Waals surface area contributed by atoms with Gasteiger partial charge in [-0.05, 0) is 56.4 Å². The summed E-state index contributed by atoms with van der Waals surface area (Å²) in [5.41, 5.74) is 1.88. The molecule has 1 aliphatic carbocycles. The quantitative estimate of drug-likeness (QED) is 0.537. The minimum Gasteiger partial charge on any atom is -0.377 e. The molecule has 1 aliphatic heterocycles. The number of hydrogen-bond acceptors (Lipinski definition) is 6. The number of sulfonamides is 1. The summed E-state index contributed by atoms with van der Waals surface area (Å²) in [5, 5.41) is 10.8. The summed E-state index contributed by atoms with van der Waals surface area (Å²) in [5.74, 6) is 1.23. The number of nitrogens with one attached hydrogen (secondary N) is 1. The molecule has 1 atom stereocenters. The van der Waals surface area contributed by atoms with Gasteiger partial charge in [-0.15, -0.1) is 0 Å². The predicted molar refractivity (Wildman–Crippen MR) is 133 cm³/mol. The lowest BCUT2D eigenvalue weighted by Crippen LogP contribution is -2.45. The van der Waals surface area contributed by atoms with Crippen LogP contribution in [-0.2, 0) is 14.8 Å². The van der Waals surface area contributed by atoms with Crippen molar-refractivity contribution in [3.63, 3.8) is 0 Å². The Morgan fingerprint density at radius 1 is 1.15 bits per heavy atom. The highest BCUT2D eigenvalue weighted by Crippen LogP contribution is 2.39. The van der Waals surface area contributed by atoms with Crippen molar-refractivity contribution in [3.8, 4) is 0 Å². The highest BCUT2D eigenvalue weighted by atomic mass is 32.2. The van der Waals surface area contributed by atoms with Gasteiger partial charge >= 0.3 is 0 Å². The molecular formula is C25H35N5O3S. The van der Waals surface area contributed by atoms with E-state index in [-0.39, 0.29) is 17.8 Å². The smallest absolute Gasteiger partial charge is 0.214 e. The zero-order valence-electron chi connectivity index (χ0n) is 20.1. The highest BCUT2D eigenvalue weighted by Gasteiger charge is 2.33. The van der Waals surface area contributed by atoms with Gasteiger partial charge in [0.05, 0.1) is 18.1 Å². The summed E-state index contributed by atoms with van der Waals surface area (Å²) in [6.07, 6.45) is 11.0. The van der Waals surface area contributed by atoms with Crippen LogP contribution in [0.25, 0.3) is 21.8 Å². The van der Waals surface area contributed by atoms with Crippen LogP contribution in [0.4, 0.5) is 0 Å². The molecule has 1 saturated heterocycles. The van der Waals surface area contributed by atoms with Gasteiger partial charge in [-0.1, -0.05) is 13.8 Å². The van der Waals surface area contributed by atoms with Crippen molar-refractivity contribution in [1.82, 2.24) is 24.5 Å². The summed E-state index contributed by atoms with van der Waals surface area (Å²) in [6.45, 7) is 6.05. The fourth-order valence-corrected chi connectivity index (χ4v) is 7.48. The highest BCUT2D eigenvalue weighted by molar-refractivity contribution is 7.89. The Morgan fingerprint density at radius 3 is 2.76 bits per heavy atom. The van der Waals surface area contributed by atoms with Crippen molar-refractivity contribution in [1.29, 1.82) is 0 Å². The normalized spacial score (nSPS) is 24.9. The first kappa shape index (κ1) is 23.6. The van der Waals surface area contributed by atoms with E-state index in [0.717, 1.165) is 66.0 Å². The van der Waals surface area contributed by atoms with Crippen molar-refractivity contribution in [2.75, 3.05) is 25.4 Å². The molecule has 1 unspecified atom stereocenters. The molecule has 2 fully saturated rings. The summed E-state index contributed by atoms with van der Waals surface area (Å²) < 4.78 is 34.1. The van der Waals surface area contributed by atoms with Gasteiger partial charge in [-0.25, -0.2) is 18.4 Å². The Bertz CT molecular complexity index is 1230. The summed E-state index contributed by atoms with van der Waals surface area (Å²) in [4.78, 5) is 8.78. The number of aromatic nitrogens is 4. The molecule has 5 rings (SSSR count). The van der Waals surface area contributed by atoms with Gasteiger partial charge in [0.1, 0.15) is 0 Å². The molecule has 0 amide bonds. The van der Waals surface area contributed by atoms with Crippen LogP contribution in [0.1, 0.15) is 64.0 Å². The number of hydrogen-bond donors (Lipinski definition) is 1. The largest absolute Gasteiger partial charge is 0.377 e. The monoisotopic (exact) mass is 485 g/mol. The molecule has 0 aromatic carbocycles. The van der Waals surface area contributed by atoms with Gasteiger partial charge in [0.25, 0.3) is 0 Å². The Morgan fingerprint density at radius 2 is 1.97 bits per heavy atom. The first-order chi connectivity index (χ1) is 16.4. The predicted octanol–water partition coefficient (Wildman–Crippen LogP) is 4.25. The minimum atomic E-state index is -3.28. The van der Waals surface area contributed by atoms with E-state index in [1.165, 1.54) is 0 Å². The van der Waals surface area contributed by atoms with Gasteiger partial charge in [0.15, 0.2) is 5.65 Å². The van der Waals surface area contributed by atoms with Gasteiger partial charge in [0.2, 0.25) is 10.0 Å². The van der Waals surface area contributed by atoms with E-state index in [4.69, 9.17) is 4.74 Å². The lowest BCUT2D eigenvalue weighted by atomic mass is 9.80. The lowest BCUT2D eigenvalue weighted by Gasteiger charge is -2.34. The Labute approximate surface area is 201 Å². The molecule has 8 nitrogen and oxygen atoms in total. The number of pyridine rings is 1. The van der Waals surface area contributed by atoms with Gasteiger partial charge in [-0.3, -0.25) is 5.10 Å². The molecule has 3 aromatic rings. The van der Waals surface area contributed by atoms with Crippen LogP contribution in [0.2, 0.25) is 0 Å². The van der Waals surface area contributed by atoms with Crippen molar-refractivity contribution in [2.24, 2.45) is 11.8 Å². The zero-order chi connectivity index (χ0) is 23.7. The number of H-pyrrole nitrogens is 1. The van der Waals surface area contributed by atoms with Crippen LogP contribution in [0.15, 0.2) is 24.7 Å². The molecule has 0 spiro atoms. The van der Waals surface area contributed by atoms with E-state index < -0.39 is 10.0 Å². The third-order valence-electron chi connectivity index (χ3n) is 7.32. The summed E-state index contributed by atoms with van der Waals surface area (Å²) in [6, 6.07) is 2.01. The number of nitrogens with zero attached hydrogens (tertiary/aromatic N) is 4. The number of aromatic amines is 1. The third-order valence-corrected chi connectivity index (χ3v) is 9.33. The maximum atomic E-state index is 13.2. The van der Waals surface area contributed by atoms with Crippen LogP contribution >= 0.6 is 0 Å². The van der Waals surface area contributed by atoms with Gasteiger partial charge < -0.3 is 4.74 Å². The van der Waals surface area contributed by atoms with Crippen molar-refractivity contribution >= 4 is 31.8 Å². The molecule has 0 radical (unpaired) electrons. The van der Waals surface area contributed by atoms with Gasteiger partial charge in [-0.2, -0.15) is 9.40 Å². The molecular weight excluding hydrogens is 450 g/mol. The molecule has 9 heteroatoms. The number of ether oxygens (including phenoxy) is 1. The maximum Gasteiger partial charge on any atom is 0.214 e. The van der Waals surface area contributed by atoms with Crippen molar-refractivity contribution in [2.45, 2.75) is 64.4 Å². The second-order valence-electron chi connectivity index (χ2n) is 10.4. The molecule has 1 saturated carbocycles. The second-order valence-corrected chi connectivity index (χ2v) is 12.4. The van der Waals surface area contributed by atoms with Crippen molar-refractivity contribution in [3.05, 3.63) is 30.4 Å². The van der Waals surface area contributed by atoms with Crippen molar-refractivity contribution < 1.29 is 13.2 Å². The Kier molecular flexibility index (Phi) is 6.86. The van der Waals surface area contributed by atoms with E-state index >= 15 is 0 Å². The average molecular weight is 486 g/mol. The molecule has 2 aliphatic rings. The minimum absolute atomic E-state index is 0.0214. The zero-order valence-corrected chi connectivity index (χ0v) is 20.9. The Hall–Kier alpha value is -2.10. The second kappa shape index (κ2) is 9.87. The van der Waals surface area contributed by atoms with Crippen LogP contribution in [0, 0.1) is 11.8 Å². The number of fused-ring (bicyclic) bond motifs is 3. The number of rotatable bonds is 7. The third kappa shape index (κ3) is 4.97. The molecule has 4 heterocycles. The lowest BCUT2D eigenvalue weighted by molar-refractivity contribution is 0.00547. The van der Waals surface area contributed by atoms with E-state index in [1.54, 1.807) is 10.5 Å². The van der Waals surface area contributed by atoms with E-state index in [1.807, 2.05) is 18.5 Å². The fraction of sp³-hybridized carbons (Fsp3) is 0.640. The van der Waals surface area contributed by atoms with Crippen LogP contribution in [-0.4, -0.2) is 64.4 Å². The first-order valence-corrected chi connectivity index (χ1v) is 14.2. The summed E-state index contributed by atoms with van der Waals surface area (Å²) >= 11 is 0. The molecule has 184 valence electrons. The van der Waals surface area contributed by atoms with Gasteiger partial charge in [0, 0.05) is 59.9 Å². The van der Waals surface area contributed by atoms with Crippen LogP contribution in [0.3, 0.4) is 0 Å². The fourth-order valence-electron chi connectivity index (χ4n) is 5.54. The number of piperidine rings is 1. The average Bonchev–Trinajstić information content (AvgIpc) is 3.32. The SMILES string of the molecule is CC(C)COC1CCCN(S(=O)(=O)CC2CCC(c3[nH]ncc4cnc5nccc5c34)CC2)C1. The standard InChI is InChI=1S/C25H35N5O3S/c1-17(2)15-33-21-4-3-11-30(14-21)34(31,32)16-18-5-7-19(8-6-18)24-23-20(13-28-29-24)12-27-25-22(23)9-10-26-25/h9-10,12-13,17-19,21,29H,3-8,11,14-16H2,1-2H3. The van der Waals surface area contributed by atoms with Crippen LogP contribution < -0.4 is 0 Å². The first-order valence-electron chi connectivity index (χ1n) is 12.6. The molecule has 3 aromatic heterocycles. The van der Waals surface area contributed by atoms with E-state index in [9.17, 15) is 8.42 Å². The Balaban J connectivity index is 1.23. The van der Waals surface area contributed by atoms with E-state index in [2.05, 4.69) is 34.0 Å². The molecule has 1 N–H and O–H groups in total. The topological polar surface area (TPSA) is 101 Å².